The van der Waals surface area contributed by atoms with E-state index in [9.17, 15) is 0 Å². The first-order chi connectivity index (χ1) is 7.85. The summed E-state index contributed by atoms with van der Waals surface area (Å²) in [6.45, 7) is 2.17. The van der Waals surface area contributed by atoms with E-state index in [4.69, 9.17) is 0 Å². The Morgan fingerprint density at radius 3 is 3.00 bits per heavy atom. The quantitative estimate of drug-likeness (QED) is 0.706. The summed E-state index contributed by atoms with van der Waals surface area (Å²) in [5, 5.41) is 0. The molecule has 0 bridgehead atoms. The van der Waals surface area contributed by atoms with E-state index in [2.05, 4.69) is 41.2 Å². The van der Waals surface area contributed by atoms with E-state index in [0.29, 0.717) is 0 Å². The molecule has 1 aliphatic carbocycles. The van der Waals surface area contributed by atoms with Crippen molar-refractivity contribution in [1.29, 1.82) is 0 Å². The molecule has 1 heterocycles. The third-order valence-electron chi connectivity index (χ3n) is 2.88. The fourth-order valence-corrected chi connectivity index (χ4v) is 1.75. The van der Waals surface area contributed by atoms with Crippen molar-refractivity contribution < 1.29 is 0 Å². The van der Waals surface area contributed by atoms with Crippen molar-refractivity contribution in [3.8, 4) is 0 Å². The molecule has 0 amide bonds. The van der Waals surface area contributed by atoms with Gasteiger partial charge in [0.25, 0.3) is 0 Å². The lowest BCUT2D eigenvalue weighted by atomic mass is 9.89. The van der Waals surface area contributed by atoms with Crippen molar-refractivity contribution in [2.24, 2.45) is 4.99 Å². The Morgan fingerprint density at radius 1 is 1.44 bits per heavy atom. The maximum Gasteiger partial charge on any atom is 0.0823 e. The van der Waals surface area contributed by atoms with E-state index in [1.165, 1.54) is 0 Å². The first kappa shape index (κ1) is 10.8. The van der Waals surface area contributed by atoms with Crippen LogP contribution < -0.4 is 0 Å². The van der Waals surface area contributed by atoms with E-state index < -0.39 is 0 Å². The molecule has 0 aromatic carbocycles. The number of allylic oxidation sites excluding steroid dienone is 2. The number of aromatic nitrogens is 1. The predicted molar refractivity (Wildman–Crippen MR) is 67.8 cm³/mol. The highest BCUT2D eigenvalue weighted by molar-refractivity contribution is 5.77. The number of pyridine rings is 1. The van der Waals surface area contributed by atoms with Gasteiger partial charge in [-0.1, -0.05) is 37.3 Å². The van der Waals surface area contributed by atoms with Gasteiger partial charge in [0, 0.05) is 12.4 Å². The summed E-state index contributed by atoms with van der Waals surface area (Å²) in [5.41, 5.74) is 0.852. The van der Waals surface area contributed by atoms with Crippen LogP contribution >= 0.6 is 0 Å². The number of nitrogens with zero attached hydrogens (tertiary/aromatic N) is 2. The summed E-state index contributed by atoms with van der Waals surface area (Å²) in [7, 11) is 0. The zero-order valence-electron chi connectivity index (χ0n) is 9.50. The number of rotatable bonds is 3. The van der Waals surface area contributed by atoms with Gasteiger partial charge in [-0.3, -0.25) is 9.98 Å². The highest BCUT2D eigenvalue weighted by Crippen LogP contribution is 2.25. The number of hydrogen-bond acceptors (Lipinski definition) is 2. The molecule has 0 saturated heterocycles. The van der Waals surface area contributed by atoms with Gasteiger partial charge in [0.05, 0.1) is 11.2 Å². The fourth-order valence-electron chi connectivity index (χ4n) is 1.75. The standard InChI is InChI=1S/C14H16N2/c1-2-14(9-5-3-6-10-14)16-12-13-8-4-7-11-15-13/h3-9,11-12H,2,10H2,1H3/t14-/m1/s1. The van der Waals surface area contributed by atoms with Crippen molar-refractivity contribution in [3.05, 3.63) is 54.4 Å². The number of aliphatic imine (C=N–C) groups is 1. The van der Waals surface area contributed by atoms with Gasteiger partial charge in [-0.25, -0.2) is 0 Å². The largest absolute Gasteiger partial charge is 0.280 e. The first-order valence-electron chi connectivity index (χ1n) is 5.65. The molecular weight excluding hydrogens is 196 g/mol. The fraction of sp³-hybridized carbons (Fsp3) is 0.286. The van der Waals surface area contributed by atoms with Crippen LogP contribution in [-0.4, -0.2) is 16.7 Å². The Balaban J connectivity index is 2.16. The Labute approximate surface area is 96.4 Å². The SMILES string of the molecule is CC[C@@]1(N=Cc2ccccn2)C=CC=CC1. The van der Waals surface area contributed by atoms with Gasteiger partial charge in [0.1, 0.15) is 0 Å². The van der Waals surface area contributed by atoms with E-state index in [0.717, 1.165) is 18.5 Å². The van der Waals surface area contributed by atoms with Gasteiger partial charge in [-0.2, -0.15) is 0 Å². The molecule has 0 aliphatic heterocycles. The van der Waals surface area contributed by atoms with E-state index in [1.54, 1.807) is 6.20 Å². The van der Waals surface area contributed by atoms with Gasteiger partial charge in [-0.05, 0) is 25.0 Å². The molecule has 16 heavy (non-hydrogen) atoms. The Hall–Kier alpha value is -1.70. The predicted octanol–water partition coefficient (Wildman–Crippen LogP) is 3.17. The second kappa shape index (κ2) is 4.88. The van der Waals surface area contributed by atoms with Crippen LogP contribution in [0, 0.1) is 0 Å². The minimum atomic E-state index is -0.0632. The van der Waals surface area contributed by atoms with Crippen LogP contribution in [0.25, 0.3) is 0 Å². The van der Waals surface area contributed by atoms with Crippen molar-refractivity contribution in [2.75, 3.05) is 0 Å². The van der Waals surface area contributed by atoms with Crippen LogP contribution in [0.3, 0.4) is 0 Å². The van der Waals surface area contributed by atoms with Gasteiger partial charge in [0.15, 0.2) is 0 Å². The molecule has 0 radical (unpaired) electrons. The Kier molecular flexibility index (Phi) is 3.30. The van der Waals surface area contributed by atoms with Crippen LogP contribution in [-0.2, 0) is 0 Å². The zero-order valence-corrected chi connectivity index (χ0v) is 9.50. The summed E-state index contributed by atoms with van der Waals surface area (Å²) in [4.78, 5) is 8.91. The Bertz CT molecular complexity index is 418. The van der Waals surface area contributed by atoms with Crippen LogP contribution in [0.2, 0.25) is 0 Å². The topological polar surface area (TPSA) is 25.2 Å². The summed E-state index contributed by atoms with van der Waals surface area (Å²) in [5.74, 6) is 0. The minimum Gasteiger partial charge on any atom is -0.280 e. The molecule has 2 nitrogen and oxygen atoms in total. The summed E-state index contributed by atoms with van der Waals surface area (Å²) < 4.78 is 0. The molecule has 0 N–H and O–H groups in total. The molecule has 1 atom stereocenters. The second-order valence-electron chi connectivity index (χ2n) is 3.96. The average molecular weight is 212 g/mol. The molecule has 1 aliphatic rings. The van der Waals surface area contributed by atoms with Crippen molar-refractivity contribution in [1.82, 2.24) is 4.98 Å². The minimum absolute atomic E-state index is 0.0632. The molecule has 0 spiro atoms. The lowest BCUT2D eigenvalue weighted by molar-refractivity contribution is 0.518. The van der Waals surface area contributed by atoms with Crippen LogP contribution in [0.1, 0.15) is 25.5 Å². The monoisotopic (exact) mass is 212 g/mol. The maximum atomic E-state index is 4.68. The molecular formula is C14H16N2. The van der Waals surface area contributed by atoms with Gasteiger partial charge >= 0.3 is 0 Å². The highest BCUT2D eigenvalue weighted by Gasteiger charge is 2.22. The maximum absolute atomic E-state index is 4.68. The Morgan fingerprint density at radius 2 is 2.38 bits per heavy atom. The molecule has 1 aromatic heterocycles. The van der Waals surface area contributed by atoms with E-state index in [-0.39, 0.29) is 5.54 Å². The molecule has 82 valence electrons. The number of hydrogen-bond donors (Lipinski definition) is 0. The van der Waals surface area contributed by atoms with E-state index >= 15 is 0 Å². The van der Waals surface area contributed by atoms with Gasteiger partial charge < -0.3 is 0 Å². The van der Waals surface area contributed by atoms with E-state index in [1.807, 2.05) is 24.4 Å². The molecule has 0 unspecified atom stereocenters. The molecule has 1 aromatic rings. The average Bonchev–Trinajstić information content (AvgIpc) is 2.39. The third kappa shape index (κ3) is 2.45. The lowest BCUT2D eigenvalue weighted by Crippen LogP contribution is -2.23. The van der Waals surface area contributed by atoms with Crippen LogP contribution in [0.4, 0.5) is 0 Å². The highest BCUT2D eigenvalue weighted by atomic mass is 14.9. The molecule has 0 fully saturated rings. The molecule has 2 heteroatoms. The second-order valence-corrected chi connectivity index (χ2v) is 3.96. The van der Waals surface area contributed by atoms with Crippen molar-refractivity contribution >= 4 is 6.21 Å². The summed E-state index contributed by atoms with van der Waals surface area (Å²) in [6.07, 6.45) is 14.1. The molecule has 0 saturated carbocycles. The zero-order chi connectivity index (χ0) is 11.3. The lowest BCUT2D eigenvalue weighted by Gasteiger charge is -2.25. The summed E-state index contributed by atoms with van der Waals surface area (Å²) in [6, 6.07) is 5.86. The van der Waals surface area contributed by atoms with Gasteiger partial charge in [-0.15, -0.1) is 0 Å². The third-order valence-corrected chi connectivity index (χ3v) is 2.88. The summed E-state index contributed by atoms with van der Waals surface area (Å²) >= 11 is 0. The van der Waals surface area contributed by atoms with Crippen molar-refractivity contribution in [3.63, 3.8) is 0 Å². The van der Waals surface area contributed by atoms with Crippen LogP contribution in [0.5, 0.6) is 0 Å². The smallest absolute Gasteiger partial charge is 0.0823 e. The van der Waals surface area contributed by atoms with Crippen LogP contribution in [0.15, 0.2) is 53.7 Å². The molecule has 2 rings (SSSR count). The van der Waals surface area contributed by atoms with Gasteiger partial charge in [0.2, 0.25) is 0 Å². The first-order valence-corrected chi connectivity index (χ1v) is 5.65. The normalized spacial score (nSPS) is 24.1. The van der Waals surface area contributed by atoms with Crippen molar-refractivity contribution in [2.45, 2.75) is 25.3 Å².